The Hall–Kier alpha value is -1.79. The Morgan fingerprint density at radius 3 is 2.86 bits per heavy atom. The fourth-order valence-corrected chi connectivity index (χ4v) is 4.63. The van der Waals surface area contributed by atoms with Gasteiger partial charge in [-0.05, 0) is 47.7 Å². The van der Waals surface area contributed by atoms with Crippen LogP contribution in [0, 0.1) is 3.57 Å². The van der Waals surface area contributed by atoms with Gasteiger partial charge in [0.05, 0.1) is 0 Å². The molecule has 2 aromatic heterocycles. The maximum absolute atomic E-state index is 6.04. The summed E-state index contributed by atoms with van der Waals surface area (Å²) >= 11 is 3.87. The van der Waals surface area contributed by atoms with E-state index in [1.165, 1.54) is 6.33 Å². The monoisotopic (exact) mass is 508 g/mol. The fraction of sp³-hybridized carbons (Fsp3) is 0.389. The number of fused-ring (bicyclic) bond motifs is 2. The van der Waals surface area contributed by atoms with Gasteiger partial charge < -0.3 is 25.1 Å². The van der Waals surface area contributed by atoms with E-state index in [9.17, 15) is 0 Å². The van der Waals surface area contributed by atoms with Crippen molar-refractivity contribution < 1.29 is 9.47 Å². The molecule has 0 saturated carbocycles. The average molecular weight is 508 g/mol. The van der Waals surface area contributed by atoms with E-state index in [1.807, 2.05) is 12.1 Å². The second-order valence-corrected chi connectivity index (χ2v) is 8.85. The summed E-state index contributed by atoms with van der Waals surface area (Å²) in [6.07, 6.45) is 2.44. The number of nitrogens with two attached hydrogens (primary N) is 1. The van der Waals surface area contributed by atoms with Gasteiger partial charge in [-0.15, -0.1) is 0 Å². The van der Waals surface area contributed by atoms with Gasteiger partial charge >= 0.3 is 0 Å². The third-order valence-electron chi connectivity index (χ3n) is 4.26. The number of hydrogen-bond donors (Lipinski definition) is 2. The van der Waals surface area contributed by atoms with Gasteiger partial charge in [0.15, 0.2) is 33.6 Å². The maximum atomic E-state index is 6.04. The van der Waals surface area contributed by atoms with Crippen molar-refractivity contribution in [1.29, 1.82) is 0 Å². The van der Waals surface area contributed by atoms with Crippen LogP contribution in [0.15, 0.2) is 28.5 Å². The Bertz CT molecular complexity index is 1010. The van der Waals surface area contributed by atoms with E-state index in [0.717, 1.165) is 50.3 Å². The van der Waals surface area contributed by atoms with Gasteiger partial charge in [0.2, 0.25) is 6.79 Å². The van der Waals surface area contributed by atoms with Crippen LogP contribution in [-0.2, 0) is 6.54 Å². The zero-order valence-electron chi connectivity index (χ0n) is 15.6. The Morgan fingerprint density at radius 1 is 1.29 bits per heavy atom. The van der Waals surface area contributed by atoms with Crippen molar-refractivity contribution >= 4 is 51.3 Å². The smallest absolute Gasteiger partial charge is 0.231 e. The molecule has 3 aromatic rings. The highest BCUT2D eigenvalue weighted by atomic mass is 123. The number of aryl methyl sites for hydroxylation is 1. The molecule has 10 heteroatoms. The van der Waals surface area contributed by atoms with Gasteiger partial charge in [-0.3, -0.25) is 0 Å². The lowest BCUT2D eigenvalue weighted by Gasteiger charge is -2.11. The summed E-state index contributed by atoms with van der Waals surface area (Å²) in [6.45, 7) is 6.25. The van der Waals surface area contributed by atoms with E-state index in [4.69, 9.17) is 20.2 Å². The quantitative estimate of drug-likeness (QED) is 0.371. The lowest BCUT2D eigenvalue weighted by molar-refractivity contribution is 0.174. The first kappa shape index (κ1) is 19.5. The summed E-state index contributed by atoms with van der Waals surface area (Å²) < 4.78 is 14.2. The number of aromatic nitrogens is 4. The molecule has 148 valence electrons. The van der Waals surface area contributed by atoms with Gasteiger partial charge in [0.25, 0.3) is 0 Å². The molecule has 0 unspecified atom stereocenters. The predicted molar refractivity (Wildman–Crippen MR) is 117 cm³/mol. The number of nitrogens with one attached hydrogen (secondary N) is 1. The van der Waals surface area contributed by atoms with Crippen LogP contribution in [0.1, 0.15) is 20.3 Å². The molecule has 0 atom stereocenters. The highest BCUT2D eigenvalue weighted by Crippen LogP contribution is 2.41. The molecule has 3 heterocycles. The Labute approximate surface area is 180 Å². The molecule has 0 amide bonds. The zero-order chi connectivity index (χ0) is 19.7. The normalized spacial score (nSPS) is 13.0. The topological polar surface area (TPSA) is 100 Å². The minimum absolute atomic E-state index is 0.257. The molecule has 0 bridgehead atoms. The van der Waals surface area contributed by atoms with E-state index in [2.05, 4.69) is 56.3 Å². The summed E-state index contributed by atoms with van der Waals surface area (Å²) in [5.41, 5.74) is 7.44. The Balaban J connectivity index is 1.66. The van der Waals surface area contributed by atoms with Crippen molar-refractivity contribution in [2.75, 3.05) is 19.1 Å². The van der Waals surface area contributed by atoms with Crippen molar-refractivity contribution in [2.45, 2.75) is 42.9 Å². The standard InChI is InChI=1S/C18H21IN6O2S/c1-10(2)21-4-3-5-25-17-15(16(20)22-8-23-17)24-18(25)28-14-7-13-12(6-11(14)19)26-9-27-13/h6-8,10,21H,3-5,9H2,1-2H3,(H2,20,22,23)/i19-4. The molecule has 0 fully saturated rings. The number of anilines is 1. The molecule has 8 nitrogen and oxygen atoms in total. The molecule has 1 aromatic carbocycles. The third-order valence-corrected chi connectivity index (χ3v) is 6.58. The van der Waals surface area contributed by atoms with E-state index in [0.29, 0.717) is 17.4 Å². The molecule has 4 rings (SSSR count). The number of ether oxygens (including phenoxy) is 2. The summed E-state index contributed by atoms with van der Waals surface area (Å²) in [7, 11) is 0. The largest absolute Gasteiger partial charge is 0.454 e. The number of nitrogens with zero attached hydrogens (tertiary/aromatic N) is 4. The highest BCUT2D eigenvalue weighted by Gasteiger charge is 2.20. The molecule has 0 aliphatic carbocycles. The lowest BCUT2D eigenvalue weighted by Crippen LogP contribution is -2.24. The summed E-state index contributed by atoms with van der Waals surface area (Å²) in [5, 5.41) is 4.28. The van der Waals surface area contributed by atoms with Crippen LogP contribution < -0.4 is 20.5 Å². The number of imidazole rings is 1. The summed E-state index contributed by atoms with van der Waals surface area (Å²) in [6, 6.07) is 4.44. The third kappa shape index (κ3) is 3.98. The SMILES string of the molecule is CC(C)NCCCn1c(Sc2cc3c(cc2[123I])OCO3)nc2c(N)ncnc21. The molecule has 1 aliphatic heterocycles. The van der Waals surface area contributed by atoms with Crippen LogP contribution in [0.3, 0.4) is 0 Å². The maximum Gasteiger partial charge on any atom is 0.231 e. The second kappa shape index (κ2) is 8.29. The molecule has 0 radical (unpaired) electrons. The van der Waals surface area contributed by atoms with Gasteiger partial charge in [-0.25, -0.2) is 15.0 Å². The first-order valence-electron chi connectivity index (χ1n) is 9.00. The first-order valence-corrected chi connectivity index (χ1v) is 10.9. The van der Waals surface area contributed by atoms with Crippen LogP contribution in [-0.4, -0.2) is 38.9 Å². The predicted octanol–water partition coefficient (Wildman–Crippen LogP) is 3.28. The minimum Gasteiger partial charge on any atom is -0.454 e. The number of halogens is 1. The first-order chi connectivity index (χ1) is 13.5. The van der Waals surface area contributed by atoms with E-state index in [-0.39, 0.29) is 6.79 Å². The van der Waals surface area contributed by atoms with Crippen molar-refractivity contribution in [3.63, 3.8) is 0 Å². The van der Waals surface area contributed by atoms with Crippen LogP contribution in [0.25, 0.3) is 11.2 Å². The number of nitrogen functional groups attached to an aromatic ring is 1. The Morgan fingerprint density at radius 2 is 2.07 bits per heavy atom. The van der Waals surface area contributed by atoms with E-state index < -0.39 is 0 Å². The molecule has 28 heavy (non-hydrogen) atoms. The molecular weight excluding hydrogens is 487 g/mol. The van der Waals surface area contributed by atoms with E-state index in [1.54, 1.807) is 11.8 Å². The number of rotatable bonds is 7. The van der Waals surface area contributed by atoms with Gasteiger partial charge in [0.1, 0.15) is 6.33 Å². The van der Waals surface area contributed by atoms with Crippen LogP contribution >= 0.6 is 34.4 Å². The van der Waals surface area contributed by atoms with Crippen LogP contribution in [0.4, 0.5) is 5.82 Å². The van der Waals surface area contributed by atoms with Crippen LogP contribution in [0.5, 0.6) is 11.5 Å². The zero-order valence-corrected chi connectivity index (χ0v) is 18.6. The minimum atomic E-state index is 0.257. The summed E-state index contributed by atoms with van der Waals surface area (Å²) in [5.74, 6) is 1.93. The fourth-order valence-electron chi connectivity index (χ4n) is 2.92. The summed E-state index contributed by atoms with van der Waals surface area (Å²) in [4.78, 5) is 14.3. The lowest BCUT2D eigenvalue weighted by atomic mass is 10.3. The van der Waals surface area contributed by atoms with Crippen molar-refractivity contribution in [3.8, 4) is 11.5 Å². The van der Waals surface area contributed by atoms with Crippen molar-refractivity contribution in [1.82, 2.24) is 24.8 Å². The highest BCUT2D eigenvalue weighted by molar-refractivity contribution is 14.1. The number of hydrogen-bond acceptors (Lipinski definition) is 8. The van der Waals surface area contributed by atoms with Crippen molar-refractivity contribution in [3.05, 3.63) is 22.0 Å². The molecule has 0 spiro atoms. The van der Waals surface area contributed by atoms with Gasteiger partial charge in [0, 0.05) is 21.1 Å². The number of benzene rings is 1. The van der Waals surface area contributed by atoms with Crippen LogP contribution in [0.2, 0.25) is 0 Å². The molecule has 0 saturated heterocycles. The van der Waals surface area contributed by atoms with Gasteiger partial charge in [-0.1, -0.05) is 25.6 Å². The Kier molecular flexibility index (Phi) is 5.78. The average Bonchev–Trinajstić information content (AvgIpc) is 3.24. The van der Waals surface area contributed by atoms with E-state index >= 15 is 0 Å². The second-order valence-electron chi connectivity index (χ2n) is 6.68. The van der Waals surface area contributed by atoms with Crippen molar-refractivity contribution in [2.24, 2.45) is 0 Å². The molecule has 3 N–H and O–H groups in total. The molecule has 1 aliphatic rings. The van der Waals surface area contributed by atoms with Gasteiger partial charge in [-0.2, -0.15) is 0 Å². The molecular formula is C18H21IN6O2S.